The highest BCUT2D eigenvalue weighted by atomic mass is 16.5. The zero-order valence-corrected chi connectivity index (χ0v) is 11.7. The molecule has 21 heavy (non-hydrogen) atoms. The second-order valence-corrected chi connectivity index (χ2v) is 5.33. The number of carboxylic acid groups (broad SMARTS) is 1. The molecule has 1 fully saturated rings. The van der Waals surface area contributed by atoms with Gasteiger partial charge in [-0.05, 0) is 30.5 Å². The summed E-state index contributed by atoms with van der Waals surface area (Å²) in [5.74, 6) is 0. The van der Waals surface area contributed by atoms with Crippen LogP contribution < -0.4 is 0 Å². The van der Waals surface area contributed by atoms with Crippen molar-refractivity contribution in [1.29, 1.82) is 0 Å². The monoisotopic (exact) mass is 286 g/mol. The van der Waals surface area contributed by atoms with Gasteiger partial charge in [-0.25, -0.2) is 4.79 Å². The van der Waals surface area contributed by atoms with Gasteiger partial charge in [0.1, 0.15) is 0 Å². The predicted molar refractivity (Wildman–Crippen MR) is 79.2 cm³/mol. The predicted octanol–water partition coefficient (Wildman–Crippen LogP) is 2.89. The normalized spacial score (nSPS) is 18.0. The van der Waals surface area contributed by atoms with Gasteiger partial charge in [0.05, 0.1) is 18.2 Å². The number of ether oxygens (including phenoxy) is 1. The zero-order valence-electron chi connectivity index (χ0n) is 11.7. The van der Waals surface area contributed by atoms with Crippen LogP contribution in [0.2, 0.25) is 0 Å². The van der Waals surface area contributed by atoms with Gasteiger partial charge in [-0.3, -0.25) is 4.98 Å². The molecule has 1 aromatic carbocycles. The number of carbonyl (C=O) groups is 1. The van der Waals surface area contributed by atoms with Crippen molar-refractivity contribution in [1.82, 2.24) is 9.88 Å². The van der Waals surface area contributed by atoms with Crippen LogP contribution in [0.4, 0.5) is 4.79 Å². The maximum Gasteiger partial charge on any atom is 0.407 e. The van der Waals surface area contributed by atoms with Crippen molar-refractivity contribution in [2.75, 3.05) is 13.2 Å². The summed E-state index contributed by atoms with van der Waals surface area (Å²) >= 11 is 0. The lowest BCUT2D eigenvalue weighted by atomic mass is 10.1. The fourth-order valence-corrected chi connectivity index (χ4v) is 2.68. The maximum atomic E-state index is 11.4. The Morgan fingerprint density at radius 2 is 2.33 bits per heavy atom. The standard InChI is InChI=1S/C16H18N2O3/c19-16(20)18(11-14-4-2-8-21-14)10-12-5-6-13-3-1-7-17-15(13)9-12/h1,3,5-7,9,14H,2,4,8,10-11H2,(H,19,20). The molecule has 5 nitrogen and oxygen atoms in total. The molecule has 0 aliphatic carbocycles. The van der Waals surface area contributed by atoms with E-state index in [0.717, 1.165) is 35.9 Å². The summed E-state index contributed by atoms with van der Waals surface area (Å²) < 4.78 is 5.52. The summed E-state index contributed by atoms with van der Waals surface area (Å²) in [5.41, 5.74) is 1.83. The third kappa shape index (κ3) is 3.31. The van der Waals surface area contributed by atoms with Crippen molar-refractivity contribution in [2.45, 2.75) is 25.5 Å². The molecule has 0 radical (unpaired) electrons. The summed E-state index contributed by atoms with van der Waals surface area (Å²) in [6, 6.07) is 9.76. The van der Waals surface area contributed by atoms with Crippen molar-refractivity contribution in [3.05, 3.63) is 42.1 Å². The molecule has 1 aromatic heterocycles. The van der Waals surface area contributed by atoms with Gasteiger partial charge in [-0.2, -0.15) is 0 Å². The van der Waals surface area contributed by atoms with Crippen molar-refractivity contribution >= 4 is 17.0 Å². The molecule has 110 valence electrons. The Bertz CT molecular complexity index is 638. The number of nitrogens with zero attached hydrogens (tertiary/aromatic N) is 2. The van der Waals surface area contributed by atoms with Crippen LogP contribution in [0.5, 0.6) is 0 Å². The Hall–Kier alpha value is -2.14. The molecular weight excluding hydrogens is 268 g/mol. The third-order valence-electron chi connectivity index (χ3n) is 3.76. The smallest absolute Gasteiger partial charge is 0.407 e. The Morgan fingerprint density at radius 1 is 1.43 bits per heavy atom. The number of fused-ring (bicyclic) bond motifs is 1. The van der Waals surface area contributed by atoms with Gasteiger partial charge < -0.3 is 14.7 Å². The quantitative estimate of drug-likeness (QED) is 0.938. The summed E-state index contributed by atoms with van der Waals surface area (Å²) in [6.45, 7) is 1.52. The van der Waals surface area contributed by atoms with E-state index in [1.54, 1.807) is 6.20 Å². The molecule has 0 saturated carbocycles. The van der Waals surface area contributed by atoms with E-state index in [1.165, 1.54) is 4.90 Å². The van der Waals surface area contributed by atoms with Gasteiger partial charge >= 0.3 is 6.09 Å². The van der Waals surface area contributed by atoms with Crippen LogP contribution in [-0.4, -0.2) is 40.3 Å². The molecule has 1 saturated heterocycles. The Kier molecular flexibility index (Phi) is 4.01. The number of aromatic nitrogens is 1. The van der Waals surface area contributed by atoms with E-state index < -0.39 is 6.09 Å². The van der Waals surface area contributed by atoms with Crippen LogP contribution in [-0.2, 0) is 11.3 Å². The summed E-state index contributed by atoms with van der Waals surface area (Å²) in [5, 5.41) is 10.4. The van der Waals surface area contributed by atoms with Crippen LogP contribution in [0.3, 0.4) is 0 Å². The second kappa shape index (κ2) is 6.10. The number of benzene rings is 1. The number of amides is 1. The molecule has 1 unspecified atom stereocenters. The first-order valence-corrected chi connectivity index (χ1v) is 7.15. The molecule has 0 bridgehead atoms. The summed E-state index contributed by atoms with van der Waals surface area (Å²) in [7, 11) is 0. The van der Waals surface area contributed by atoms with Crippen LogP contribution in [0.25, 0.3) is 10.9 Å². The van der Waals surface area contributed by atoms with Crippen LogP contribution in [0, 0.1) is 0 Å². The van der Waals surface area contributed by atoms with E-state index in [4.69, 9.17) is 4.74 Å². The largest absolute Gasteiger partial charge is 0.465 e. The lowest BCUT2D eigenvalue weighted by molar-refractivity contribution is 0.0671. The SMILES string of the molecule is O=C(O)N(Cc1ccc2cccnc2c1)CC1CCCO1. The minimum atomic E-state index is -0.911. The number of hydrogen-bond donors (Lipinski definition) is 1. The van der Waals surface area contributed by atoms with Crippen molar-refractivity contribution in [2.24, 2.45) is 0 Å². The Morgan fingerprint density at radius 3 is 3.10 bits per heavy atom. The van der Waals surface area contributed by atoms with Gasteiger partial charge in [-0.1, -0.05) is 18.2 Å². The molecule has 0 spiro atoms. The molecule has 1 aliphatic rings. The second-order valence-electron chi connectivity index (χ2n) is 5.33. The average molecular weight is 286 g/mol. The van der Waals surface area contributed by atoms with Gasteiger partial charge in [-0.15, -0.1) is 0 Å². The minimum Gasteiger partial charge on any atom is -0.465 e. The van der Waals surface area contributed by atoms with Gasteiger partial charge in [0, 0.05) is 24.7 Å². The molecule has 2 aromatic rings. The highest BCUT2D eigenvalue weighted by molar-refractivity contribution is 5.79. The third-order valence-corrected chi connectivity index (χ3v) is 3.76. The first kappa shape index (κ1) is 13.8. The van der Waals surface area contributed by atoms with E-state index >= 15 is 0 Å². The molecule has 1 aliphatic heterocycles. The molecule has 1 atom stereocenters. The van der Waals surface area contributed by atoms with Gasteiger partial charge in [0.2, 0.25) is 0 Å². The van der Waals surface area contributed by atoms with E-state index in [0.29, 0.717) is 13.1 Å². The van der Waals surface area contributed by atoms with Crippen LogP contribution >= 0.6 is 0 Å². The van der Waals surface area contributed by atoms with Gasteiger partial charge in [0.25, 0.3) is 0 Å². The van der Waals surface area contributed by atoms with E-state index in [9.17, 15) is 9.90 Å². The van der Waals surface area contributed by atoms with E-state index in [1.807, 2.05) is 30.3 Å². The van der Waals surface area contributed by atoms with Crippen molar-refractivity contribution in [3.63, 3.8) is 0 Å². The average Bonchev–Trinajstić information content (AvgIpc) is 2.99. The Labute approximate surface area is 123 Å². The van der Waals surface area contributed by atoms with Crippen molar-refractivity contribution < 1.29 is 14.6 Å². The molecule has 5 heteroatoms. The number of pyridine rings is 1. The number of rotatable bonds is 4. The van der Waals surface area contributed by atoms with E-state index in [2.05, 4.69) is 4.98 Å². The lowest BCUT2D eigenvalue weighted by Crippen LogP contribution is -2.35. The minimum absolute atomic E-state index is 0.0275. The van der Waals surface area contributed by atoms with Crippen molar-refractivity contribution in [3.8, 4) is 0 Å². The fourth-order valence-electron chi connectivity index (χ4n) is 2.68. The molecule has 3 rings (SSSR count). The molecule has 2 heterocycles. The highest BCUT2D eigenvalue weighted by Gasteiger charge is 2.22. The van der Waals surface area contributed by atoms with Gasteiger partial charge in [0.15, 0.2) is 0 Å². The zero-order chi connectivity index (χ0) is 14.7. The molecular formula is C16H18N2O3. The number of hydrogen-bond acceptors (Lipinski definition) is 3. The van der Waals surface area contributed by atoms with Crippen LogP contribution in [0.1, 0.15) is 18.4 Å². The Balaban J connectivity index is 1.75. The first-order valence-electron chi connectivity index (χ1n) is 7.15. The maximum absolute atomic E-state index is 11.4. The molecule has 1 N–H and O–H groups in total. The lowest BCUT2D eigenvalue weighted by Gasteiger charge is -2.22. The van der Waals surface area contributed by atoms with Crippen LogP contribution in [0.15, 0.2) is 36.5 Å². The summed E-state index contributed by atoms with van der Waals surface area (Å²) in [4.78, 5) is 17.1. The fraction of sp³-hybridized carbons (Fsp3) is 0.375. The highest BCUT2D eigenvalue weighted by Crippen LogP contribution is 2.17. The topological polar surface area (TPSA) is 62.7 Å². The molecule has 1 amide bonds. The summed E-state index contributed by atoms with van der Waals surface area (Å²) in [6.07, 6.45) is 2.81. The van der Waals surface area contributed by atoms with E-state index in [-0.39, 0.29) is 6.10 Å². The first-order chi connectivity index (χ1) is 10.2.